The summed E-state index contributed by atoms with van der Waals surface area (Å²) in [7, 11) is 0. The Labute approximate surface area is 230 Å². The van der Waals surface area contributed by atoms with E-state index in [9.17, 15) is 14.9 Å². The number of nitrogens with zero attached hydrogens (tertiary/aromatic N) is 3. The quantitative estimate of drug-likeness (QED) is 0.383. The van der Waals surface area contributed by atoms with Gasteiger partial charge in [0, 0.05) is 35.7 Å². The Balaban J connectivity index is 1.33. The topological polar surface area (TPSA) is 89.4 Å². The molecule has 0 saturated carbocycles. The second-order valence-corrected chi connectivity index (χ2v) is 10.6. The Morgan fingerprint density at radius 1 is 1.10 bits per heavy atom. The molecule has 3 heterocycles. The number of aromatic amines is 1. The van der Waals surface area contributed by atoms with Gasteiger partial charge in [-0.1, -0.05) is 43.3 Å². The molecule has 7 nitrogen and oxygen atoms in total. The second-order valence-electron chi connectivity index (χ2n) is 10.6. The summed E-state index contributed by atoms with van der Waals surface area (Å²) in [6.45, 7) is 5.77. The molecule has 2 fully saturated rings. The lowest BCUT2D eigenvalue weighted by Crippen LogP contribution is -2.50. The average Bonchev–Trinajstić information content (AvgIpc) is 3.70. The maximum atomic E-state index is 14.0. The summed E-state index contributed by atoms with van der Waals surface area (Å²) >= 11 is 0. The molecule has 5 rings (SSSR count). The zero-order valence-electron chi connectivity index (χ0n) is 23.0. The maximum absolute atomic E-state index is 14.0. The molecule has 0 aliphatic carbocycles. The van der Waals surface area contributed by atoms with Crippen molar-refractivity contribution in [1.82, 2.24) is 14.8 Å². The number of hydrogen-bond acceptors (Lipinski definition) is 5. The van der Waals surface area contributed by atoms with Gasteiger partial charge >= 0.3 is 5.97 Å². The third-order valence-corrected chi connectivity index (χ3v) is 8.40. The largest absolute Gasteiger partial charge is 0.465 e. The van der Waals surface area contributed by atoms with Crippen LogP contribution in [0.3, 0.4) is 0 Å². The Morgan fingerprint density at radius 2 is 1.90 bits per heavy atom. The molecule has 1 amide bonds. The Bertz CT molecular complexity index is 1360. The number of carbonyl (C=O) groups excluding carboxylic acids is 2. The molecule has 2 aliphatic heterocycles. The summed E-state index contributed by atoms with van der Waals surface area (Å²) in [5, 5.41) is 10.5. The van der Waals surface area contributed by atoms with Crippen LogP contribution in [-0.4, -0.2) is 58.4 Å². The maximum Gasteiger partial charge on any atom is 0.328 e. The van der Waals surface area contributed by atoms with Gasteiger partial charge in [-0.25, -0.2) is 4.79 Å². The van der Waals surface area contributed by atoms with E-state index in [1.54, 1.807) is 0 Å². The molecule has 1 unspecified atom stereocenters. The van der Waals surface area contributed by atoms with Gasteiger partial charge in [-0.15, -0.1) is 0 Å². The van der Waals surface area contributed by atoms with Gasteiger partial charge in [0.15, 0.2) is 0 Å². The van der Waals surface area contributed by atoms with Gasteiger partial charge < -0.3 is 14.6 Å². The van der Waals surface area contributed by atoms with E-state index in [4.69, 9.17) is 4.74 Å². The van der Waals surface area contributed by atoms with E-state index in [2.05, 4.69) is 27.8 Å². The van der Waals surface area contributed by atoms with E-state index in [1.165, 1.54) is 16.6 Å². The fourth-order valence-corrected chi connectivity index (χ4v) is 6.61. The van der Waals surface area contributed by atoms with Gasteiger partial charge in [0.25, 0.3) is 0 Å². The number of aromatic nitrogens is 1. The highest BCUT2D eigenvalue weighted by atomic mass is 16.5. The number of fused-ring (bicyclic) bond motifs is 1. The SMILES string of the molecule is CCOC(=O)C(c1ccccc1)N1CCC[C@@H]1C(=O)N1CCC[C@H]1CCc1[nH]c2cc(C#N)ccc2c1CC. The van der Waals surface area contributed by atoms with Crippen LogP contribution in [0.4, 0.5) is 0 Å². The number of likely N-dealkylation sites (tertiary alicyclic amines) is 2. The van der Waals surface area contributed by atoms with Crippen molar-refractivity contribution in [2.24, 2.45) is 0 Å². The third kappa shape index (κ3) is 5.44. The van der Waals surface area contributed by atoms with Crippen molar-refractivity contribution in [1.29, 1.82) is 5.26 Å². The second kappa shape index (κ2) is 12.0. The molecule has 3 aromatic rings. The van der Waals surface area contributed by atoms with Crippen LogP contribution in [0.5, 0.6) is 0 Å². The number of ether oxygens (including phenoxy) is 1. The lowest BCUT2D eigenvalue weighted by molar-refractivity contribution is -0.152. The zero-order valence-corrected chi connectivity index (χ0v) is 23.0. The summed E-state index contributed by atoms with van der Waals surface area (Å²) in [5.41, 5.74) is 5.04. The number of benzene rings is 2. The molecule has 0 spiro atoms. The van der Waals surface area contributed by atoms with Gasteiger partial charge in [0.05, 0.1) is 24.3 Å². The summed E-state index contributed by atoms with van der Waals surface area (Å²) in [6, 6.07) is 17.1. The first-order valence-corrected chi connectivity index (χ1v) is 14.4. The molecule has 39 heavy (non-hydrogen) atoms. The molecular formula is C32H38N4O3. The van der Waals surface area contributed by atoms with Crippen molar-refractivity contribution in [2.75, 3.05) is 19.7 Å². The minimum absolute atomic E-state index is 0.145. The highest BCUT2D eigenvalue weighted by Crippen LogP contribution is 2.34. The molecule has 1 aromatic heterocycles. The fourth-order valence-electron chi connectivity index (χ4n) is 6.61. The molecule has 0 bridgehead atoms. The molecule has 3 atom stereocenters. The summed E-state index contributed by atoms with van der Waals surface area (Å²) in [4.78, 5) is 34.9. The summed E-state index contributed by atoms with van der Waals surface area (Å²) < 4.78 is 5.47. The number of hydrogen-bond donors (Lipinski definition) is 1. The van der Waals surface area contributed by atoms with E-state index < -0.39 is 6.04 Å². The Morgan fingerprint density at radius 3 is 2.64 bits per heavy atom. The summed E-state index contributed by atoms with van der Waals surface area (Å²) in [5.74, 6) is -0.141. The molecule has 7 heteroatoms. The number of esters is 1. The number of nitriles is 1. The minimum atomic E-state index is -0.569. The number of aryl methyl sites for hydroxylation is 2. The first-order chi connectivity index (χ1) is 19.0. The molecule has 2 aliphatic rings. The highest BCUT2D eigenvalue weighted by Gasteiger charge is 2.43. The van der Waals surface area contributed by atoms with E-state index in [-0.39, 0.29) is 24.0 Å². The van der Waals surface area contributed by atoms with Crippen LogP contribution < -0.4 is 0 Å². The first kappa shape index (κ1) is 27.0. The van der Waals surface area contributed by atoms with Crippen molar-refractivity contribution < 1.29 is 14.3 Å². The number of carbonyl (C=O) groups is 2. The third-order valence-electron chi connectivity index (χ3n) is 8.40. The van der Waals surface area contributed by atoms with Crippen LogP contribution in [-0.2, 0) is 27.2 Å². The normalized spacial score (nSPS) is 20.3. The fraction of sp³-hybridized carbons (Fsp3) is 0.469. The van der Waals surface area contributed by atoms with Crippen molar-refractivity contribution in [2.45, 2.75) is 76.9 Å². The monoisotopic (exact) mass is 526 g/mol. The molecule has 2 saturated heterocycles. The lowest BCUT2D eigenvalue weighted by Gasteiger charge is -2.35. The van der Waals surface area contributed by atoms with E-state index in [0.717, 1.165) is 62.6 Å². The van der Waals surface area contributed by atoms with Crippen molar-refractivity contribution >= 4 is 22.8 Å². The van der Waals surface area contributed by atoms with Crippen LogP contribution in [0.1, 0.15) is 74.4 Å². The standard InChI is InChI=1S/C32H38N4O3/c1-3-25-26-16-14-22(21-33)20-28(26)34-27(25)17-15-24-12-8-18-35(24)31(37)29-13-9-19-36(29)30(32(38)39-4-2)23-10-6-5-7-11-23/h5-7,10-11,14,16,20,24,29-30,34H,3-4,8-9,12-13,15,17-19H2,1-2H3/t24-,29+,30?/m0/s1. The smallest absolute Gasteiger partial charge is 0.328 e. The first-order valence-electron chi connectivity index (χ1n) is 14.4. The molecular weight excluding hydrogens is 488 g/mol. The van der Waals surface area contributed by atoms with Crippen LogP contribution in [0, 0.1) is 11.3 Å². The Hall–Kier alpha value is -3.63. The number of amides is 1. The highest BCUT2D eigenvalue weighted by molar-refractivity contribution is 5.86. The number of rotatable bonds is 9. The molecule has 0 radical (unpaired) electrons. The lowest BCUT2D eigenvalue weighted by atomic mass is 10.0. The minimum Gasteiger partial charge on any atom is -0.465 e. The summed E-state index contributed by atoms with van der Waals surface area (Å²) in [6.07, 6.45) is 6.31. The van der Waals surface area contributed by atoms with Crippen LogP contribution in [0.25, 0.3) is 10.9 Å². The van der Waals surface area contributed by atoms with Gasteiger partial charge in [0.2, 0.25) is 5.91 Å². The van der Waals surface area contributed by atoms with Crippen LogP contribution >= 0.6 is 0 Å². The average molecular weight is 527 g/mol. The van der Waals surface area contributed by atoms with Crippen molar-refractivity contribution in [3.63, 3.8) is 0 Å². The van der Waals surface area contributed by atoms with Crippen molar-refractivity contribution in [3.8, 4) is 6.07 Å². The predicted octanol–water partition coefficient (Wildman–Crippen LogP) is 5.29. The van der Waals surface area contributed by atoms with E-state index in [1.807, 2.05) is 55.5 Å². The van der Waals surface area contributed by atoms with E-state index >= 15 is 0 Å². The van der Waals surface area contributed by atoms with Crippen LogP contribution in [0.2, 0.25) is 0 Å². The molecule has 1 N–H and O–H groups in total. The van der Waals surface area contributed by atoms with Gasteiger partial charge in [-0.2, -0.15) is 5.26 Å². The van der Waals surface area contributed by atoms with Gasteiger partial charge in [-0.05, 0) is 75.1 Å². The molecule has 204 valence electrons. The zero-order chi connectivity index (χ0) is 27.4. The van der Waals surface area contributed by atoms with Gasteiger partial charge in [-0.3, -0.25) is 9.69 Å². The predicted molar refractivity (Wildman–Crippen MR) is 151 cm³/mol. The number of H-pyrrole nitrogens is 1. The van der Waals surface area contributed by atoms with Gasteiger partial charge in [0.1, 0.15) is 6.04 Å². The molecule has 2 aromatic carbocycles. The number of nitrogens with one attached hydrogen (secondary N) is 1. The Kier molecular flexibility index (Phi) is 8.33. The van der Waals surface area contributed by atoms with Crippen LogP contribution in [0.15, 0.2) is 48.5 Å². The van der Waals surface area contributed by atoms with Crippen molar-refractivity contribution in [3.05, 3.63) is 70.9 Å². The van der Waals surface area contributed by atoms with E-state index in [0.29, 0.717) is 18.7 Å².